The van der Waals surface area contributed by atoms with Gasteiger partial charge in [-0.15, -0.1) is 0 Å². The van der Waals surface area contributed by atoms with Crippen LogP contribution < -0.4 is 5.73 Å². The van der Waals surface area contributed by atoms with E-state index in [1.807, 2.05) is 13.8 Å². The van der Waals surface area contributed by atoms with Crippen LogP contribution in [-0.4, -0.2) is 71.2 Å². The third-order valence-electron chi connectivity index (χ3n) is 3.36. The number of carbonyl (C=O) groups is 3. The van der Waals surface area contributed by atoms with E-state index in [1.54, 1.807) is 4.90 Å². The van der Waals surface area contributed by atoms with Crippen molar-refractivity contribution in [1.29, 1.82) is 0 Å². The minimum Gasteiger partial charge on any atom is -0.481 e. The summed E-state index contributed by atoms with van der Waals surface area (Å²) in [5.74, 6) is -1.50. The van der Waals surface area contributed by atoms with E-state index in [4.69, 9.17) is 15.6 Å². The van der Waals surface area contributed by atoms with Crippen LogP contribution in [0, 0.1) is 0 Å². The fourth-order valence-corrected chi connectivity index (χ4v) is 2.21. The first-order valence-corrected chi connectivity index (χ1v) is 7.00. The Kier molecular flexibility index (Phi) is 6.41. The molecule has 1 saturated heterocycles. The molecule has 0 spiro atoms. The highest BCUT2D eigenvalue weighted by atomic mass is 16.5. The molecule has 0 aromatic carbocycles. The lowest BCUT2D eigenvalue weighted by atomic mass is 10.2. The van der Waals surface area contributed by atoms with Crippen LogP contribution in [0.25, 0.3) is 0 Å². The number of rotatable bonds is 6. The fourth-order valence-electron chi connectivity index (χ4n) is 2.21. The molecule has 1 heterocycles. The van der Waals surface area contributed by atoms with Crippen LogP contribution >= 0.6 is 0 Å². The van der Waals surface area contributed by atoms with E-state index in [1.165, 1.54) is 4.90 Å². The van der Waals surface area contributed by atoms with Gasteiger partial charge in [0.25, 0.3) is 0 Å². The van der Waals surface area contributed by atoms with Gasteiger partial charge in [-0.05, 0) is 20.3 Å². The maximum absolute atomic E-state index is 12.6. The van der Waals surface area contributed by atoms with Crippen molar-refractivity contribution in [3.05, 3.63) is 0 Å². The number of carbonyl (C=O) groups excluding carboxylic acids is 2. The predicted molar refractivity (Wildman–Crippen MR) is 74.6 cm³/mol. The lowest BCUT2D eigenvalue weighted by molar-refractivity contribution is -0.137. The number of hydrogen-bond donors (Lipinski definition) is 2. The zero-order valence-corrected chi connectivity index (χ0v) is 12.4. The molecular weight excluding hydrogens is 278 g/mol. The quantitative estimate of drug-likeness (QED) is 0.709. The molecule has 1 rings (SSSR count). The molecule has 8 heteroatoms. The highest BCUT2D eigenvalue weighted by molar-refractivity contribution is 5.86. The third-order valence-corrected chi connectivity index (χ3v) is 3.36. The lowest BCUT2D eigenvalue weighted by Gasteiger charge is -2.38. The molecule has 21 heavy (non-hydrogen) atoms. The Hall–Kier alpha value is -1.83. The molecule has 3 N–H and O–H groups in total. The summed E-state index contributed by atoms with van der Waals surface area (Å²) in [6, 6.07) is -1.17. The van der Waals surface area contributed by atoms with E-state index in [0.717, 1.165) is 0 Å². The number of primary amides is 1. The predicted octanol–water partition coefficient (Wildman–Crippen LogP) is -0.132. The molecule has 0 radical (unpaired) electrons. The first kappa shape index (κ1) is 17.2. The van der Waals surface area contributed by atoms with Crippen molar-refractivity contribution in [3.8, 4) is 0 Å². The van der Waals surface area contributed by atoms with E-state index in [0.29, 0.717) is 26.1 Å². The maximum Gasteiger partial charge on any atom is 0.321 e. The van der Waals surface area contributed by atoms with E-state index in [9.17, 15) is 14.4 Å². The number of amides is 3. The highest BCUT2D eigenvalue weighted by Gasteiger charge is 2.34. The summed E-state index contributed by atoms with van der Waals surface area (Å²) in [5.41, 5.74) is 5.30. The Morgan fingerprint density at radius 1 is 1.43 bits per heavy atom. The summed E-state index contributed by atoms with van der Waals surface area (Å²) < 4.78 is 5.19. The van der Waals surface area contributed by atoms with Crippen molar-refractivity contribution in [2.45, 2.75) is 38.8 Å². The molecule has 0 aliphatic carbocycles. The zero-order chi connectivity index (χ0) is 16.0. The standard InChI is InChI=1S/C13H23N3O5/c1-9(2)15(5-3-4-11(17)18)13(20)16-6-7-21-8-10(16)12(14)19/h9-10H,3-8H2,1-2H3,(H2,14,19)(H,17,18). The van der Waals surface area contributed by atoms with Crippen molar-refractivity contribution in [2.75, 3.05) is 26.3 Å². The molecule has 120 valence electrons. The van der Waals surface area contributed by atoms with Gasteiger partial charge in [0.1, 0.15) is 6.04 Å². The van der Waals surface area contributed by atoms with Gasteiger partial charge in [0.05, 0.1) is 13.2 Å². The van der Waals surface area contributed by atoms with Crippen molar-refractivity contribution >= 4 is 17.9 Å². The number of carboxylic acid groups (broad SMARTS) is 1. The average molecular weight is 301 g/mol. The summed E-state index contributed by atoms with van der Waals surface area (Å²) in [6.07, 6.45) is 0.365. The molecule has 8 nitrogen and oxygen atoms in total. The summed E-state index contributed by atoms with van der Waals surface area (Å²) in [4.78, 5) is 37.5. The summed E-state index contributed by atoms with van der Waals surface area (Å²) >= 11 is 0. The van der Waals surface area contributed by atoms with Gasteiger partial charge in [0.2, 0.25) is 5.91 Å². The third kappa shape index (κ3) is 4.89. The fraction of sp³-hybridized carbons (Fsp3) is 0.769. The molecule has 3 amide bonds. The van der Waals surface area contributed by atoms with Crippen molar-refractivity contribution in [1.82, 2.24) is 9.80 Å². The second kappa shape index (κ2) is 7.82. The van der Waals surface area contributed by atoms with Crippen molar-refractivity contribution < 1.29 is 24.2 Å². The molecular formula is C13H23N3O5. The minimum absolute atomic E-state index is 0.00113. The van der Waals surface area contributed by atoms with Gasteiger partial charge in [-0.1, -0.05) is 0 Å². The van der Waals surface area contributed by atoms with Crippen LogP contribution in [0.4, 0.5) is 4.79 Å². The summed E-state index contributed by atoms with van der Waals surface area (Å²) in [7, 11) is 0. The van der Waals surface area contributed by atoms with Gasteiger partial charge in [-0.2, -0.15) is 0 Å². The Bertz CT molecular complexity index is 399. The zero-order valence-electron chi connectivity index (χ0n) is 12.4. The minimum atomic E-state index is -0.896. The first-order valence-electron chi connectivity index (χ1n) is 7.00. The van der Waals surface area contributed by atoms with Gasteiger partial charge in [-0.3, -0.25) is 9.59 Å². The topological polar surface area (TPSA) is 113 Å². The van der Waals surface area contributed by atoms with Crippen molar-refractivity contribution in [2.24, 2.45) is 5.73 Å². The number of ether oxygens (including phenoxy) is 1. The Balaban J connectivity index is 2.73. The Morgan fingerprint density at radius 3 is 2.62 bits per heavy atom. The number of nitrogens with two attached hydrogens (primary N) is 1. The molecule has 1 fully saturated rings. The van der Waals surface area contributed by atoms with Crippen LogP contribution in [0.5, 0.6) is 0 Å². The molecule has 0 saturated carbocycles. The lowest BCUT2D eigenvalue weighted by Crippen LogP contribution is -2.59. The van der Waals surface area contributed by atoms with Crippen LogP contribution in [0.15, 0.2) is 0 Å². The van der Waals surface area contributed by atoms with Crippen LogP contribution in [0.3, 0.4) is 0 Å². The highest BCUT2D eigenvalue weighted by Crippen LogP contribution is 2.13. The largest absolute Gasteiger partial charge is 0.481 e. The number of hydrogen-bond acceptors (Lipinski definition) is 4. The van der Waals surface area contributed by atoms with E-state index in [2.05, 4.69) is 0 Å². The SMILES string of the molecule is CC(C)N(CCCC(=O)O)C(=O)N1CCOCC1C(N)=O. The van der Waals surface area contributed by atoms with Gasteiger partial charge in [0, 0.05) is 25.6 Å². The molecule has 1 atom stereocenters. The Labute approximate surface area is 123 Å². The normalized spacial score (nSPS) is 18.6. The van der Waals surface area contributed by atoms with E-state index < -0.39 is 17.9 Å². The number of carboxylic acids is 1. The van der Waals surface area contributed by atoms with Gasteiger partial charge in [0.15, 0.2) is 0 Å². The molecule has 1 aliphatic heterocycles. The molecule has 0 aromatic rings. The number of morpholine rings is 1. The smallest absolute Gasteiger partial charge is 0.321 e. The first-order chi connectivity index (χ1) is 9.84. The van der Waals surface area contributed by atoms with Crippen LogP contribution in [0.2, 0.25) is 0 Å². The van der Waals surface area contributed by atoms with Crippen LogP contribution in [0.1, 0.15) is 26.7 Å². The number of urea groups is 1. The molecule has 1 unspecified atom stereocenters. The van der Waals surface area contributed by atoms with Crippen LogP contribution in [-0.2, 0) is 14.3 Å². The molecule has 1 aliphatic rings. The monoisotopic (exact) mass is 301 g/mol. The summed E-state index contributed by atoms with van der Waals surface area (Å²) in [5, 5.41) is 8.68. The van der Waals surface area contributed by atoms with Gasteiger partial charge < -0.3 is 25.4 Å². The summed E-state index contributed by atoms with van der Waals surface area (Å²) in [6.45, 7) is 4.77. The van der Waals surface area contributed by atoms with Gasteiger partial charge >= 0.3 is 12.0 Å². The second-order valence-electron chi connectivity index (χ2n) is 5.25. The van der Waals surface area contributed by atoms with E-state index in [-0.39, 0.29) is 25.1 Å². The molecule has 0 aromatic heterocycles. The van der Waals surface area contributed by atoms with E-state index >= 15 is 0 Å². The second-order valence-corrected chi connectivity index (χ2v) is 5.25. The molecule has 0 bridgehead atoms. The average Bonchev–Trinajstić information content (AvgIpc) is 2.42. The Morgan fingerprint density at radius 2 is 2.10 bits per heavy atom. The van der Waals surface area contributed by atoms with Gasteiger partial charge in [-0.25, -0.2) is 4.79 Å². The van der Waals surface area contributed by atoms with Crippen molar-refractivity contribution in [3.63, 3.8) is 0 Å². The number of aliphatic carboxylic acids is 1. The maximum atomic E-state index is 12.6. The number of nitrogens with zero attached hydrogens (tertiary/aromatic N) is 2.